The standard InChI is InChI=1S/C14H20N2O3.2ClH/c1-19-13-5-3-2-4-12(13)16-10-8-15(9-11-16)7-6-14(17)18;;/h2-5H,6-11H2,1H3,(H,17,18);2*1H. The molecule has 0 aromatic heterocycles. The van der Waals surface area contributed by atoms with Gasteiger partial charge in [0.1, 0.15) is 5.75 Å². The van der Waals surface area contributed by atoms with E-state index in [2.05, 4.69) is 15.9 Å². The van der Waals surface area contributed by atoms with Crippen molar-refractivity contribution in [3.05, 3.63) is 24.3 Å². The molecule has 0 bridgehead atoms. The second kappa shape index (κ2) is 9.71. The van der Waals surface area contributed by atoms with E-state index in [1.54, 1.807) is 7.11 Å². The molecule has 120 valence electrons. The average molecular weight is 337 g/mol. The molecule has 0 atom stereocenters. The smallest absolute Gasteiger partial charge is 0.304 e. The fraction of sp³-hybridized carbons (Fsp3) is 0.500. The van der Waals surface area contributed by atoms with Crippen LogP contribution in [0.25, 0.3) is 0 Å². The maximum absolute atomic E-state index is 10.6. The molecule has 0 aliphatic carbocycles. The summed E-state index contributed by atoms with van der Waals surface area (Å²) < 4.78 is 5.37. The first-order valence-corrected chi connectivity index (χ1v) is 6.53. The third-order valence-corrected chi connectivity index (χ3v) is 3.44. The van der Waals surface area contributed by atoms with E-state index in [1.165, 1.54) is 0 Å². The summed E-state index contributed by atoms with van der Waals surface area (Å²) in [7, 11) is 1.68. The average Bonchev–Trinajstić information content (AvgIpc) is 2.45. The van der Waals surface area contributed by atoms with Gasteiger partial charge in [-0.15, -0.1) is 24.8 Å². The molecule has 1 aromatic carbocycles. The van der Waals surface area contributed by atoms with Crippen molar-refractivity contribution in [3.63, 3.8) is 0 Å². The molecular weight excluding hydrogens is 315 g/mol. The molecule has 1 aliphatic rings. The van der Waals surface area contributed by atoms with Crippen LogP contribution >= 0.6 is 24.8 Å². The number of benzene rings is 1. The monoisotopic (exact) mass is 336 g/mol. The lowest BCUT2D eigenvalue weighted by molar-refractivity contribution is -0.137. The minimum absolute atomic E-state index is 0. The van der Waals surface area contributed by atoms with Crippen LogP contribution in [0.3, 0.4) is 0 Å². The number of halogens is 2. The maximum Gasteiger partial charge on any atom is 0.304 e. The second-order valence-electron chi connectivity index (χ2n) is 4.64. The Balaban J connectivity index is 0.00000200. The van der Waals surface area contributed by atoms with Crippen LogP contribution in [0, 0.1) is 0 Å². The Kier molecular flexibility index (Phi) is 9.17. The molecule has 2 rings (SSSR count). The van der Waals surface area contributed by atoms with E-state index in [-0.39, 0.29) is 31.2 Å². The normalized spacial score (nSPS) is 14.8. The molecule has 1 fully saturated rings. The van der Waals surface area contributed by atoms with Crippen molar-refractivity contribution < 1.29 is 14.6 Å². The Morgan fingerprint density at radius 3 is 2.38 bits per heavy atom. The quantitative estimate of drug-likeness (QED) is 0.892. The first-order valence-electron chi connectivity index (χ1n) is 6.53. The molecular formula is C14H22Cl2N2O3. The number of methoxy groups -OCH3 is 1. The van der Waals surface area contributed by atoms with Gasteiger partial charge in [-0.2, -0.15) is 0 Å². The summed E-state index contributed by atoms with van der Waals surface area (Å²) in [6, 6.07) is 8.00. The number of carbonyl (C=O) groups is 1. The van der Waals surface area contributed by atoms with Crippen molar-refractivity contribution in [2.75, 3.05) is 44.7 Å². The molecule has 0 unspecified atom stereocenters. The molecule has 0 saturated carbocycles. The molecule has 1 aromatic rings. The topological polar surface area (TPSA) is 53.0 Å². The van der Waals surface area contributed by atoms with Crippen LogP contribution in [0.5, 0.6) is 5.75 Å². The van der Waals surface area contributed by atoms with Gasteiger partial charge in [0, 0.05) is 32.7 Å². The third kappa shape index (κ3) is 5.61. The number of piperazine rings is 1. The van der Waals surface area contributed by atoms with Crippen molar-refractivity contribution in [2.24, 2.45) is 0 Å². The van der Waals surface area contributed by atoms with Gasteiger partial charge in [-0.3, -0.25) is 9.69 Å². The molecule has 1 saturated heterocycles. The van der Waals surface area contributed by atoms with Crippen molar-refractivity contribution in [1.29, 1.82) is 0 Å². The van der Waals surface area contributed by atoms with Crippen molar-refractivity contribution in [1.82, 2.24) is 4.90 Å². The number of anilines is 1. The van der Waals surface area contributed by atoms with Gasteiger partial charge in [0.05, 0.1) is 19.2 Å². The molecule has 21 heavy (non-hydrogen) atoms. The minimum Gasteiger partial charge on any atom is -0.495 e. The van der Waals surface area contributed by atoms with Gasteiger partial charge in [-0.1, -0.05) is 12.1 Å². The summed E-state index contributed by atoms with van der Waals surface area (Å²) in [5.74, 6) is 0.161. The molecule has 5 nitrogen and oxygen atoms in total. The number of carboxylic acids is 1. The van der Waals surface area contributed by atoms with E-state index in [0.717, 1.165) is 37.6 Å². The second-order valence-corrected chi connectivity index (χ2v) is 4.64. The fourth-order valence-corrected chi connectivity index (χ4v) is 2.36. The zero-order valence-corrected chi connectivity index (χ0v) is 13.7. The molecule has 7 heteroatoms. The zero-order valence-electron chi connectivity index (χ0n) is 12.0. The van der Waals surface area contributed by atoms with Crippen LogP contribution in [0.15, 0.2) is 24.3 Å². The number of ether oxygens (including phenoxy) is 1. The number of carboxylic acid groups (broad SMARTS) is 1. The highest BCUT2D eigenvalue weighted by Crippen LogP contribution is 2.28. The minimum atomic E-state index is -0.729. The lowest BCUT2D eigenvalue weighted by Crippen LogP contribution is -2.47. The Bertz CT molecular complexity index is 438. The predicted octanol–water partition coefficient (Wildman–Crippen LogP) is 2.14. The number of para-hydroxylation sites is 2. The summed E-state index contributed by atoms with van der Waals surface area (Å²) in [5, 5.41) is 8.69. The van der Waals surface area contributed by atoms with Crippen LogP contribution < -0.4 is 9.64 Å². The van der Waals surface area contributed by atoms with Crippen LogP contribution in [0.2, 0.25) is 0 Å². The van der Waals surface area contributed by atoms with Gasteiger partial charge in [0.2, 0.25) is 0 Å². The number of rotatable bonds is 5. The summed E-state index contributed by atoms with van der Waals surface area (Å²) >= 11 is 0. The van der Waals surface area contributed by atoms with Crippen LogP contribution in [0.1, 0.15) is 6.42 Å². The van der Waals surface area contributed by atoms with Gasteiger partial charge >= 0.3 is 5.97 Å². The van der Waals surface area contributed by atoms with Crippen molar-refractivity contribution >= 4 is 36.5 Å². The number of hydrogen-bond donors (Lipinski definition) is 1. The Morgan fingerprint density at radius 2 is 1.81 bits per heavy atom. The zero-order chi connectivity index (χ0) is 13.7. The van der Waals surface area contributed by atoms with E-state index in [1.807, 2.05) is 18.2 Å². The number of nitrogens with zero attached hydrogens (tertiary/aromatic N) is 2. The predicted molar refractivity (Wildman–Crippen MR) is 88.4 cm³/mol. The molecule has 1 aliphatic heterocycles. The summed E-state index contributed by atoms with van der Waals surface area (Å²) in [4.78, 5) is 15.0. The van der Waals surface area contributed by atoms with E-state index >= 15 is 0 Å². The molecule has 1 N–H and O–H groups in total. The van der Waals surface area contributed by atoms with Gasteiger partial charge in [0.15, 0.2) is 0 Å². The molecule has 1 heterocycles. The molecule has 0 radical (unpaired) electrons. The summed E-state index contributed by atoms with van der Waals surface area (Å²) in [6.45, 7) is 4.23. The largest absolute Gasteiger partial charge is 0.495 e. The van der Waals surface area contributed by atoms with Gasteiger partial charge < -0.3 is 14.7 Å². The molecule has 0 spiro atoms. The summed E-state index contributed by atoms with van der Waals surface area (Å²) in [6.07, 6.45) is 0.217. The van der Waals surface area contributed by atoms with Gasteiger partial charge in [-0.05, 0) is 12.1 Å². The SMILES string of the molecule is COc1ccccc1N1CCN(CCC(=O)O)CC1.Cl.Cl. The number of aliphatic carboxylic acids is 1. The highest BCUT2D eigenvalue weighted by Gasteiger charge is 2.19. The highest BCUT2D eigenvalue weighted by molar-refractivity contribution is 5.85. The van der Waals surface area contributed by atoms with Crippen molar-refractivity contribution in [3.8, 4) is 5.75 Å². The fourth-order valence-electron chi connectivity index (χ4n) is 2.36. The molecule has 0 amide bonds. The first kappa shape index (κ1) is 19.8. The van der Waals surface area contributed by atoms with Gasteiger partial charge in [0.25, 0.3) is 0 Å². The Labute approximate surface area is 137 Å². The van der Waals surface area contributed by atoms with E-state index < -0.39 is 5.97 Å². The lowest BCUT2D eigenvalue weighted by Gasteiger charge is -2.36. The van der Waals surface area contributed by atoms with Gasteiger partial charge in [-0.25, -0.2) is 0 Å². The highest BCUT2D eigenvalue weighted by atomic mass is 35.5. The van der Waals surface area contributed by atoms with E-state index in [0.29, 0.717) is 6.54 Å². The Hall–Kier alpha value is -1.17. The third-order valence-electron chi connectivity index (χ3n) is 3.44. The first-order chi connectivity index (χ1) is 9.20. The van der Waals surface area contributed by atoms with Crippen molar-refractivity contribution in [2.45, 2.75) is 6.42 Å². The van der Waals surface area contributed by atoms with Crippen LogP contribution in [-0.4, -0.2) is 55.8 Å². The van der Waals surface area contributed by atoms with E-state index in [9.17, 15) is 4.79 Å². The van der Waals surface area contributed by atoms with E-state index in [4.69, 9.17) is 9.84 Å². The maximum atomic E-state index is 10.6. The van der Waals surface area contributed by atoms with Crippen LogP contribution in [-0.2, 0) is 4.79 Å². The van der Waals surface area contributed by atoms with Crippen LogP contribution in [0.4, 0.5) is 5.69 Å². The summed E-state index contributed by atoms with van der Waals surface area (Å²) in [5.41, 5.74) is 1.11. The Morgan fingerprint density at radius 1 is 1.19 bits per heavy atom. The number of hydrogen-bond acceptors (Lipinski definition) is 4. The lowest BCUT2D eigenvalue weighted by atomic mass is 10.2.